The third-order valence-electron chi connectivity index (χ3n) is 2.32. The van der Waals surface area contributed by atoms with E-state index in [4.69, 9.17) is 11.6 Å². The quantitative estimate of drug-likeness (QED) is 0.887. The smallest absolute Gasteiger partial charge is 0.251 e. The van der Waals surface area contributed by atoms with Gasteiger partial charge >= 0.3 is 0 Å². The lowest BCUT2D eigenvalue weighted by Gasteiger charge is -2.02. The third-order valence-corrected chi connectivity index (χ3v) is 2.57. The lowest BCUT2D eigenvalue weighted by atomic mass is 10.2. The van der Waals surface area contributed by atoms with Gasteiger partial charge in [-0.25, -0.2) is 4.98 Å². The summed E-state index contributed by atoms with van der Waals surface area (Å²) in [6.07, 6.45) is 1.82. The summed E-state index contributed by atoms with van der Waals surface area (Å²) in [6.45, 7) is 0.475. The molecule has 0 saturated carbocycles. The minimum absolute atomic E-state index is 0.112. The Morgan fingerprint density at radius 1 is 1.18 bits per heavy atom. The molecule has 1 heterocycles. The first kappa shape index (κ1) is 11.6. The molecule has 0 radical (unpaired) electrons. The molecule has 0 aliphatic heterocycles. The molecule has 0 atom stereocenters. The molecule has 0 saturated heterocycles. The first-order chi connectivity index (χ1) is 8.25. The zero-order chi connectivity index (χ0) is 12.1. The Balaban J connectivity index is 1.96. The maximum absolute atomic E-state index is 11.8. The number of rotatable bonds is 3. The fraction of sp³-hybridized carbons (Fsp3) is 0.0769. The predicted molar refractivity (Wildman–Crippen MR) is 65.6 cm³/mol. The van der Waals surface area contributed by atoms with Gasteiger partial charge in [0.2, 0.25) is 0 Å². The number of benzene rings is 1. The molecule has 17 heavy (non-hydrogen) atoms. The summed E-state index contributed by atoms with van der Waals surface area (Å²) >= 11 is 5.75. The molecule has 1 aromatic carbocycles. The van der Waals surface area contributed by atoms with E-state index in [9.17, 15) is 4.79 Å². The fourth-order valence-electron chi connectivity index (χ4n) is 1.42. The monoisotopic (exact) mass is 247 g/mol. The van der Waals surface area contributed by atoms with Crippen molar-refractivity contribution in [2.24, 2.45) is 0 Å². The van der Waals surface area contributed by atoms with Crippen LogP contribution in [0.4, 0.5) is 0 Å². The number of carbonyl (C=O) groups is 1. The first-order valence-corrected chi connectivity index (χ1v) is 5.63. The Bertz CT molecular complexity index is 497. The van der Waals surface area contributed by atoms with Crippen LogP contribution in [-0.2, 0) is 6.54 Å². The summed E-state index contributed by atoms with van der Waals surface area (Å²) < 4.78 is 0. The van der Waals surface area contributed by atoms with Crippen LogP contribution in [0.3, 0.4) is 0 Å². The van der Waals surface area contributed by atoms with Crippen molar-refractivity contribution < 1.29 is 9.78 Å². The fourth-order valence-corrected chi connectivity index (χ4v) is 1.55. The van der Waals surface area contributed by atoms with E-state index < -0.39 is 0 Å². The molecule has 2 N–H and O–H groups in total. The minimum atomic E-state index is -0.112. The topological polar surface area (TPSA) is 43.2 Å². The summed E-state index contributed by atoms with van der Waals surface area (Å²) in [7, 11) is 0. The number of hydrogen-bond acceptors (Lipinski definition) is 1. The van der Waals surface area contributed by atoms with Gasteiger partial charge in [0.15, 0.2) is 11.9 Å². The molecule has 0 aliphatic carbocycles. The largest absolute Gasteiger partial charge is 0.342 e. The van der Waals surface area contributed by atoms with E-state index in [0.717, 1.165) is 5.69 Å². The van der Waals surface area contributed by atoms with E-state index in [1.807, 2.05) is 24.4 Å². The van der Waals surface area contributed by atoms with Gasteiger partial charge in [-0.2, -0.15) is 0 Å². The number of carbonyl (C=O) groups excluding carboxylic acids is 1. The zero-order valence-corrected chi connectivity index (χ0v) is 9.87. The third kappa shape index (κ3) is 3.29. The van der Waals surface area contributed by atoms with E-state index >= 15 is 0 Å². The van der Waals surface area contributed by atoms with Crippen LogP contribution in [0.5, 0.6) is 0 Å². The average molecular weight is 248 g/mol. The molecular weight excluding hydrogens is 236 g/mol. The number of nitrogens with one attached hydrogen (secondary N) is 2. The van der Waals surface area contributed by atoms with Crippen molar-refractivity contribution in [3.05, 3.63) is 64.9 Å². The molecule has 1 amide bonds. The van der Waals surface area contributed by atoms with Crippen LogP contribution < -0.4 is 10.3 Å². The van der Waals surface area contributed by atoms with Gasteiger partial charge in [0, 0.05) is 22.7 Å². The number of hydrogen-bond donors (Lipinski definition) is 1. The van der Waals surface area contributed by atoms with Crippen molar-refractivity contribution in [3.8, 4) is 0 Å². The molecule has 0 aliphatic rings. The molecule has 4 heteroatoms. The highest BCUT2D eigenvalue weighted by Crippen LogP contribution is 2.09. The Hall–Kier alpha value is -1.87. The van der Waals surface area contributed by atoms with Crippen LogP contribution in [0.1, 0.15) is 16.1 Å². The Kier molecular flexibility index (Phi) is 3.73. The lowest BCUT2D eigenvalue weighted by molar-refractivity contribution is -0.390. The van der Waals surface area contributed by atoms with Gasteiger partial charge in [-0.05, 0) is 24.3 Å². The minimum Gasteiger partial charge on any atom is -0.342 e. The first-order valence-electron chi connectivity index (χ1n) is 5.25. The second-order valence-corrected chi connectivity index (χ2v) is 4.01. The second-order valence-electron chi connectivity index (χ2n) is 3.58. The van der Waals surface area contributed by atoms with Gasteiger partial charge in [-0.15, -0.1) is 0 Å². The maximum Gasteiger partial charge on any atom is 0.251 e. The average Bonchev–Trinajstić information content (AvgIpc) is 2.38. The molecule has 0 fully saturated rings. The standard InChI is InChI=1S/C13H11ClN2O/c14-11-6-4-10(5-7-11)13(17)16-9-12-3-1-2-8-15-12/h1-8H,9H2,(H,16,17)/p+1. The van der Waals surface area contributed by atoms with Crippen LogP contribution in [-0.4, -0.2) is 5.91 Å². The molecule has 2 aromatic rings. The molecule has 0 spiro atoms. The van der Waals surface area contributed by atoms with Gasteiger partial charge in [0.05, 0.1) is 0 Å². The van der Waals surface area contributed by atoms with Crippen molar-refractivity contribution in [3.63, 3.8) is 0 Å². The number of H-pyrrole nitrogens is 1. The van der Waals surface area contributed by atoms with E-state index in [2.05, 4.69) is 10.3 Å². The normalized spacial score (nSPS) is 9.94. The van der Waals surface area contributed by atoms with Gasteiger partial charge in [0.25, 0.3) is 5.91 Å². The van der Waals surface area contributed by atoms with Crippen molar-refractivity contribution in [1.82, 2.24) is 5.32 Å². The highest BCUT2D eigenvalue weighted by Gasteiger charge is 2.06. The Morgan fingerprint density at radius 2 is 1.94 bits per heavy atom. The summed E-state index contributed by atoms with van der Waals surface area (Å²) in [4.78, 5) is 14.8. The van der Waals surface area contributed by atoms with Crippen molar-refractivity contribution >= 4 is 17.5 Å². The van der Waals surface area contributed by atoms with E-state index in [0.29, 0.717) is 17.1 Å². The summed E-state index contributed by atoms with van der Waals surface area (Å²) in [5.74, 6) is -0.112. The molecule has 0 unspecified atom stereocenters. The van der Waals surface area contributed by atoms with E-state index in [-0.39, 0.29) is 5.91 Å². The summed E-state index contributed by atoms with van der Waals surface area (Å²) in [5.41, 5.74) is 1.56. The van der Waals surface area contributed by atoms with Gasteiger partial charge in [-0.3, -0.25) is 4.79 Å². The Morgan fingerprint density at radius 3 is 2.59 bits per heavy atom. The second kappa shape index (κ2) is 5.46. The van der Waals surface area contributed by atoms with E-state index in [1.54, 1.807) is 24.3 Å². The molecular formula is C13H12ClN2O+. The van der Waals surface area contributed by atoms with Crippen LogP contribution in [0.2, 0.25) is 5.02 Å². The number of halogens is 1. The molecule has 3 nitrogen and oxygen atoms in total. The number of aromatic amines is 1. The number of pyridine rings is 1. The van der Waals surface area contributed by atoms with Gasteiger partial charge in [0.1, 0.15) is 6.54 Å². The van der Waals surface area contributed by atoms with Crippen LogP contribution >= 0.6 is 11.6 Å². The van der Waals surface area contributed by atoms with Crippen LogP contribution in [0.25, 0.3) is 0 Å². The summed E-state index contributed by atoms with van der Waals surface area (Å²) in [6, 6.07) is 12.5. The molecule has 86 valence electrons. The van der Waals surface area contributed by atoms with Gasteiger partial charge in [-0.1, -0.05) is 17.7 Å². The zero-order valence-electron chi connectivity index (χ0n) is 9.11. The maximum atomic E-state index is 11.8. The van der Waals surface area contributed by atoms with Crippen molar-refractivity contribution in [1.29, 1.82) is 0 Å². The highest BCUT2D eigenvalue weighted by molar-refractivity contribution is 6.30. The van der Waals surface area contributed by atoms with Crippen LogP contribution in [0, 0.1) is 0 Å². The van der Waals surface area contributed by atoms with Crippen LogP contribution in [0.15, 0.2) is 48.7 Å². The SMILES string of the molecule is O=C(NCc1cccc[nH+]1)c1ccc(Cl)cc1. The number of amides is 1. The number of aromatic nitrogens is 1. The lowest BCUT2D eigenvalue weighted by Crippen LogP contribution is -2.26. The molecule has 1 aromatic heterocycles. The summed E-state index contributed by atoms with van der Waals surface area (Å²) in [5, 5.41) is 3.44. The molecule has 0 bridgehead atoms. The highest BCUT2D eigenvalue weighted by atomic mass is 35.5. The van der Waals surface area contributed by atoms with E-state index in [1.165, 1.54) is 0 Å². The Labute approximate surface area is 104 Å². The van der Waals surface area contributed by atoms with Gasteiger partial charge < -0.3 is 5.32 Å². The van der Waals surface area contributed by atoms with Crippen molar-refractivity contribution in [2.75, 3.05) is 0 Å². The molecule has 2 rings (SSSR count). The predicted octanol–water partition coefficient (Wildman–Crippen LogP) is 2.08. The van der Waals surface area contributed by atoms with Crippen molar-refractivity contribution in [2.45, 2.75) is 6.54 Å².